The van der Waals surface area contributed by atoms with E-state index >= 15 is 0 Å². The molecule has 0 aromatic heterocycles. The van der Waals surface area contributed by atoms with Crippen LogP contribution in [0.5, 0.6) is 0 Å². The van der Waals surface area contributed by atoms with Gasteiger partial charge in [0.2, 0.25) is 23.6 Å². The Morgan fingerprint density at radius 1 is 0.641 bits per heavy atom. The van der Waals surface area contributed by atoms with Gasteiger partial charge in [-0.2, -0.15) is 0 Å². The van der Waals surface area contributed by atoms with E-state index in [1.165, 1.54) is 9.80 Å². The predicted octanol–water partition coefficient (Wildman–Crippen LogP) is 5.11. The summed E-state index contributed by atoms with van der Waals surface area (Å²) in [5.41, 5.74) is 2.35. The molecule has 1 saturated carbocycles. The second kappa shape index (κ2) is 8.33. The minimum absolute atomic E-state index is 0.303. The number of anilines is 2. The Morgan fingerprint density at radius 2 is 1.10 bits per heavy atom. The van der Waals surface area contributed by atoms with Crippen molar-refractivity contribution in [3.63, 3.8) is 0 Å². The van der Waals surface area contributed by atoms with E-state index < -0.39 is 35.0 Å². The number of hydrogen-bond donors (Lipinski definition) is 0. The van der Waals surface area contributed by atoms with Crippen LogP contribution in [0.15, 0.2) is 89.4 Å². The molecule has 6 nitrogen and oxygen atoms in total. The molecule has 2 unspecified atom stereocenters. The molecule has 3 aliphatic carbocycles. The van der Waals surface area contributed by atoms with Crippen LogP contribution in [0, 0.1) is 43.4 Å². The molecule has 4 amide bonds. The van der Waals surface area contributed by atoms with Crippen molar-refractivity contribution < 1.29 is 19.2 Å². The standard InChI is InChI=1S/C32H25BrN2O4/c1-17-7-3-5-9-22(17)34-28(36)24-21-15-16-32(26(24)30(34)38,19-11-13-20(33)14-12-19)27-25(21)29(37)35(31(27)39)23-10-6-4-8-18(23)2/h3-16,21,24-27H,1-2H3/t21?,24-,25+,26-,27-,32?/m0/s1. The Bertz CT molecular complexity index is 1540. The van der Waals surface area contributed by atoms with Gasteiger partial charge in [-0.05, 0) is 54.8 Å². The van der Waals surface area contributed by atoms with Gasteiger partial charge in [0, 0.05) is 15.8 Å². The van der Waals surface area contributed by atoms with Crippen molar-refractivity contribution in [3.05, 3.63) is 106 Å². The van der Waals surface area contributed by atoms with Crippen molar-refractivity contribution in [3.8, 4) is 0 Å². The summed E-state index contributed by atoms with van der Waals surface area (Å²) < 4.78 is 0.856. The number of carbonyl (C=O) groups excluding carboxylic acids is 4. The van der Waals surface area contributed by atoms with Gasteiger partial charge in [-0.15, -0.1) is 0 Å². The summed E-state index contributed by atoms with van der Waals surface area (Å²) in [4.78, 5) is 59.7. The number of benzene rings is 3. The minimum Gasteiger partial charge on any atom is -0.274 e. The van der Waals surface area contributed by atoms with E-state index in [4.69, 9.17) is 0 Å². The van der Waals surface area contributed by atoms with Gasteiger partial charge in [0.25, 0.3) is 0 Å². The number of allylic oxidation sites excluding steroid dienone is 2. The molecule has 2 aliphatic heterocycles. The van der Waals surface area contributed by atoms with Gasteiger partial charge in [-0.25, -0.2) is 9.80 Å². The lowest BCUT2D eigenvalue weighted by molar-refractivity contribution is -0.140. The van der Waals surface area contributed by atoms with Gasteiger partial charge < -0.3 is 0 Å². The van der Waals surface area contributed by atoms with Crippen molar-refractivity contribution in [2.24, 2.45) is 29.6 Å². The van der Waals surface area contributed by atoms with Crippen LogP contribution in [-0.2, 0) is 24.6 Å². The summed E-state index contributed by atoms with van der Waals surface area (Å²) in [6, 6.07) is 22.2. The molecule has 3 fully saturated rings. The monoisotopic (exact) mass is 580 g/mol. The van der Waals surface area contributed by atoms with E-state index in [9.17, 15) is 19.2 Å². The summed E-state index contributed by atoms with van der Waals surface area (Å²) in [6.45, 7) is 3.74. The first-order valence-electron chi connectivity index (χ1n) is 13.1. The lowest BCUT2D eigenvalue weighted by Crippen LogP contribution is -2.60. The Kier molecular flexibility index (Phi) is 5.17. The van der Waals surface area contributed by atoms with Crippen LogP contribution in [0.4, 0.5) is 11.4 Å². The van der Waals surface area contributed by atoms with Crippen LogP contribution in [0.1, 0.15) is 16.7 Å². The van der Waals surface area contributed by atoms with E-state index in [-0.39, 0.29) is 23.6 Å². The highest BCUT2D eigenvalue weighted by Gasteiger charge is 2.75. The zero-order chi connectivity index (χ0) is 27.2. The van der Waals surface area contributed by atoms with Crippen LogP contribution >= 0.6 is 15.9 Å². The fraction of sp³-hybridized carbons (Fsp3) is 0.250. The Morgan fingerprint density at radius 3 is 1.56 bits per heavy atom. The third kappa shape index (κ3) is 3.02. The van der Waals surface area contributed by atoms with Gasteiger partial charge in [0.15, 0.2) is 0 Å². The van der Waals surface area contributed by atoms with Crippen LogP contribution in [0.2, 0.25) is 0 Å². The normalized spacial score (nSPS) is 30.8. The van der Waals surface area contributed by atoms with Crippen molar-refractivity contribution in [2.75, 3.05) is 9.80 Å². The third-order valence-corrected chi connectivity index (χ3v) is 9.74. The second-order valence-corrected chi connectivity index (χ2v) is 11.9. The molecule has 0 N–H and O–H groups in total. The molecule has 0 spiro atoms. The molecule has 7 heteroatoms. The molecule has 3 aromatic carbocycles. The summed E-state index contributed by atoms with van der Waals surface area (Å²) >= 11 is 3.49. The molecule has 3 aromatic rings. The van der Waals surface area contributed by atoms with E-state index in [1.54, 1.807) is 12.1 Å². The molecular weight excluding hydrogens is 556 g/mol. The summed E-state index contributed by atoms with van der Waals surface area (Å²) in [5, 5.41) is 0. The van der Waals surface area contributed by atoms with Crippen molar-refractivity contribution in [1.82, 2.24) is 0 Å². The summed E-state index contributed by atoms with van der Waals surface area (Å²) in [7, 11) is 0. The molecule has 0 radical (unpaired) electrons. The zero-order valence-corrected chi connectivity index (χ0v) is 23.0. The maximum absolute atomic E-state index is 14.4. The smallest absolute Gasteiger partial charge is 0.238 e. The number of rotatable bonds is 3. The largest absolute Gasteiger partial charge is 0.274 e. The number of aryl methyl sites for hydroxylation is 2. The quantitative estimate of drug-likeness (QED) is 0.318. The molecule has 194 valence electrons. The number of carbonyl (C=O) groups is 4. The lowest BCUT2D eigenvalue weighted by Gasteiger charge is -2.53. The second-order valence-electron chi connectivity index (χ2n) is 11.0. The maximum Gasteiger partial charge on any atom is 0.238 e. The average Bonchev–Trinajstić information content (AvgIpc) is 3.37. The molecule has 39 heavy (non-hydrogen) atoms. The Balaban J connectivity index is 1.45. The summed E-state index contributed by atoms with van der Waals surface area (Å²) in [6.07, 6.45) is 3.87. The number of imide groups is 2. The van der Waals surface area contributed by atoms with E-state index in [2.05, 4.69) is 15.9 Å². The van der Waals surface area contributed by atoms with E-state index in [0.717, 1.165) is 21.2 Å². The van der Waals surface area contributed by atoms with Crippen molar-refractivity contribution in [2.45, 2.75) is 19.3 Å². The third-order valence-electron chi connectivity index (χ3n) is 9.21. The minimum atomic E-state index is -1.14. The van der Waals surface area contributed by atoms with E-state index in [1.807, 2.05) is 86.7 Å². The highest BCUT2D eigenvalue weighted by molar-refractivity contribution is 9.10. The topological polar surface area (TPSA) is 74.8 Å². The van der Waals surface area contributed by atoms with Gasteiger partial charge in [0.05, 0.1) is 35.0 Å². The average molecular weight is 581 g/mol. The van der Waals surface area contributed by atoms with Gasteiger partial charge in [-0.1, -0.05) is 76.6 Å². The van der Waals surface area contributed by atoms with Crippen LogP contribution < -0.4 is 9.80 Å². The van der Waals surface area contributed by atoms with Gasteiger partial charge >= 0.3 is 0 Å². The maximum atomic E-state index is 14.4. The van der Waals surface area contributed by atoms with Crippen molar-refractivity contribution >= 4 is 50.9 Å². The zero-order valence-electron chi connectivity index (χ0n) is 21.4. The number of hydrogen-bond acceptors (Lipinski definition) is 4. The van der Waals surface area contributed by atoms with Gasteiger partial charge in [0.1, 0.15) is 0 Å². The number of para-hydroxylation sites is 2. The van der Waals surface area contributed by atoms with Crippen LogP contribution in [0.3, 0.4) is 0 Å². The van der Waals surface area contributed by atoms with Crippen LogP contribution in [0.25, 0.3) is 0 Å². The Labute approximate surface area is 234 Å². The fourth-order valence-electron chi connectivity index (χ4n) is 7.59. The molecule has 5 aliphatic rings. The SMILES string of the molecule is Cc1ccccc1N1C(=O)[C@@H]2C3C=CC(c4ccc(Br)cc4)([C@@H]2C1=O)[C@@H]1C(=O)N(c2ccccc2C)C(=O)[C@@H]31. The first kappa shape index (κ1) is 24.2. The van der Waals surface area contributed by atoms with E-state index in [0.29, 0.717) is 11.4 Å². The first-order valence-corrected chi connectivity index (χ1v) is 13.9. The molecule has 2 bridgehead atoms. The fourth-order valence-corrected chi connectivity index (χ4v) is 7.86. The summed E-state index contributed by atoms with van der Waals surface area (Å²) in [5.74, 6) is -4.85. The lowest BCUT2D eigenvalue weighted by atomic mass is 9.45. The first-order chi connectivity index (χ1) is 18.8. The number of halogens is 1. The van der Waals surface area contributed by atoms with Crippen LogP contribution in [-0.4, -0.2) is 23.6 Å². The Hall–Kier alpha value is -3.84. The molecular formula is C32H25BrN2O4. The van der Waals surface area contributed by atoms with Crippen molar-refractivity contribution in [1.29, 1.82) is 0 Å². The highest BCUT2D eigenvalue weighted by Crippen LogP contribution is 2.65. The molecule has 2 saturated heterocycles. The van der Waals surface area contributed by atoms with Gasteiger partial charge in [-0.3, -0.25) is 19.2 Å². The molecule has 6 atom stereocenters. The molecule has 2 heterocycles. The predicted molar refractivity (Wildman–Crippen MR) is 150 cm³/mol. The molecule has 8 rings (SSSR count). The number of amides is 4. The number of nitrogens with zero attached hydrogens (tertiary/aromatic N) is 2. The highest BCUT2D eigenvalue weighted by atomic mass is 79.9.